The number of rotatable bonds is 49. The van der Waals surface area contributed by atoms with Crippen LogP contribution in [0.25, 0.3) is 0 Å². The standard InChI is InChI=1S/C65H102O6/c1-4-7-10-13-16-19-22-25-26-27-28-29-30-31-32-33-34-35-36-37-38-41-43-46-49-52-55-58-64(67)70-61-62(71-65(68)59-56-53-50-47-44-40-24-21-18-15-12-9-6-3)60-69-63(66)57-54-51-48-45-42-39-23-20-17-14-11-8-5-2/h7,9-10,12,16,18-19,21,25-26,28-29,31-32,34-35,37-38,40,43-44,46,50,53,62H,4-6,8,11,13-15,17,20,22-24,27,30,33,36,39,41-42,45,47-49,51-52,54-61H2,1-3H3/b10-7-,12-9-,19-16-,21-18-,26-25-,29-28-,32-31-,35-34-,38-37-,44-40-,46-43-,53-50-. The Labute approximate surface area is 436 Å². The van der Waals surface area contributed by atoms with E-state index in [2.05, 4.69) is 154 Å². The lowest BCUT2D eigenvalue weighted by Gasteiger charge is -2.18. The summed E-state index contributed by atoms with van der Waals surface area (Å²) in [5.41, 5.74) is 0. The van der Waals surface area contributed by atoms with E-state index >= 15 is 0 Å². The zero-order valence-electron chi connectivity index (χ0n) is 45.4. The second-order valence-electron chi connectivity index (χ2n) is 18.1. The van der Waals surface area contributed by atoms with Crippen LogP contribution in [0.4, 0.5) is 0 Å². The summed E-state index contributed by atoms with van der Waals surface area (Å²) < 4.78 is 16.7. The number of allylic oxidation sites excluding steroid dienone is 24. The van der Waals surface area contributed by atoms with Gasteiger partial charge < -0.3 is 14.2 Å². The molecule has 0 aliphatic heterocycles. The molecule has 71 heavy (non-hydrogen) atoms. The van der Waals surface area contributed by atoms with Gasteiger partial charge in [0.25, 0.3) is 0 Å². The molecular formula is C65H102O6. The van der Waals surface area contributed by atoms with E-state index in [-0.39, 0.29) is 38.0 Å². The van der Waals surface area contributed by atoms with Gasteiger partial charge in [0.05, 0.1) is 0 Å². The van der Waals surface area contributed by atoms with Gasteiger partial charge in [-0.2, -0.15) is 0 Å². The second-order valence-corrected chi connectivity index (χ2v) is 18.1. The van der Waals surface area contributed by atoms with E-state index in [1.165, 1.54) is 64.2 Å². The van der Waals surface area contributed by atoms with Gasteiger partial charge in [0.15, 0.2) is 6.10 Å². The Hall–Kier alpha value is -4.71. The molecule has 0 bridgehead atoms. The zero-order valence-corrected chi connectivity index (χ0v) is 45.4. The van der Waals surface area contributed by atoms with Gasteiger partial charge in [0.1, 0.15) is 13.2 Å². The Bertz CT molecular complexity index is 1590. The third-order valence-corrected chi connectivity index (χ3v) is 11.4. The third-order valence-electron chi connectivity index (χ3n) is 11.4. The molecule has 6 heteroatoms. The number of carbonyl (C=O) groups is 3. The minimum Gasteiger partial charge on any atom is -0.462 e. The summed E-state index contributed by atoms with van der Waals surface area (Å²) in [6, 6.07) is 0. The van der Waals surface area contributed by atoms with Crippen molar-refractivity contribution in [2.75, 3.05) is 13.2 Å². The molecule has 0 rings (SSSR count). The monoisotopic (exact) mass is 979 g/mol. The molecule has 398 valence electrons. The summed E-state index contributed by atoms with van der Waals surface area (Å²) >= 11 is 0. The van der Waals surface area contributed by atoms with Crippen molar-refractivity contribution in [2.24, 2.45) is 0 Å². The van der Waals surface area contributed by atoms with Gasteiger partial charge in [-0.05, 0) is 109 Å². The van der Waals surface area contributed by atoms with Crippen LogP contribution in [0.2, 0.25) is 0 Å². The molecule has 1 unspecified atom stereocenters. The fraction of sp³-hybridized carbons (Fsp3) is 0.585. The van der Waals surface area contributed by atoms with Crippen LogP contribution in [-0.4, -0.2) is 37.2 Å². The van der Waals surface area contributed by atoms with E-state index in [1.54, 1.807) is 0 Å². The first-order valence-corrected chi connectivity index (χ1v) is 28.3. The average molecular weight is 980 g/mol. The SMILES string of the molecule is CC/C=C\C/C=C\C/C=C\C/C=C\C/C=C\C/C=C\C/C=C\C/C=C\CCCCC(=O)OCC(COC(=O)CCCCCCCCCCCCCCC)OC(=O)CC/C=C\C/C=C\C/C=C\C/C=C\CC. The van der Waals surface area contributed by atoms with E-state index in [0.717, 1.165) is 109 Å². The maximum Gasteiger partial charge on any atom is 0.306 e. The number of hydrogen-bond donors (Lipinski definition) is 0. The molecule has 1 atom stereocenters. The molecule has 0 amide bonds. The summed E-state index contributed by atoms with van der Waals surface area (Å²) in [4.78, 5) is 38.0. The first-order valence-electron chi connectivity index (χ1n) is 28.3. The van der Waals surface area contributed by atoms with Gasteiger partial charge >= 0.3 is 17.9 Å². The van der Waals surface area contributed by atoms with E-state index in [9.17, 15) is 14.4 Å². The number of hydrogen-bond acceptors (Lipinski definition) is 6. The summed E-state index contributed by atoms with van der Waals surface area (Å²) in [7, 11) is 0. The highest BCUT2D eigenvalue weighted by molar-refractivity contribution is 5.71. The Morgan fingerprint density at radius 1 is 0.296 bits per heavy atom. The Morgan fingerprint density at radius 2 is 0.577 bits per heavy atom. The lowest BCUT2D eigenvalue weighted by atomic mass is 10.0. The molecule has 0 spiro atoms. The Kier molecular flexibility index (Phi) is 54.0. The Morgan fingerprint density at radius 3 is 0.915 bits per heavy atom. The maximum absolute atomic E-state index is 12.8. The van der Waals surface area contributed by atoms with E-state index in [1.807, 2.05) is 12.2 Å². The van der Waals surface area contributed by atoms with Gasteiger partial charge in [0.2, 0.25) is 0 Å². The number of carbonyl (C=O) groups excluding carboxylic acids is 3. The number of unbranched alkanes of at least 4 members (excludes halogenated alkanes) is 14. The molecule has 0 N–H and O–H groups in total. The molecule has 0 heterocycles. The van der Waals surface area contributed by atoms with Crippen LogP contribution in [0, 0.1) is 0 Å². The average Bonchev–Trinajstić information content (AvgIpc) is 3.37. The fourth-order valence-corrected chi connectivity index (χ4v) is 7.18. The lowest BCUT2D eigenvalue weighted by Crippen LogP contribution is -2.30. The molecule has 0 aromatic rings. The molecule has 0 aliphatic carbocycles. The summed E-state index contributed by atoms with van der Waals surface area (Å²) in [5, 5.41) is 0. The molecule has 0 saturated heterocycles. The lowest BCUT2D eigenvalue weighted by molar-refractivity contribution is -0.166. The van der Waals surface area contributed by atoms with Crippen molar-refractivity contribution < 1.29 is 28.6 Å². The summed E-state index contributed by atoms with van der Waals surface area (Å²) in [6.45, 7) is 6.29. The van der Waals surface area contributed by atoms with Crippen LogP contribution >= 0.6 is 0 Å². The third kappa shape index (κ3) is 56.1. The van der Waals surface area contributed by atoms with Crippen molar-refractivity contribution >= 4 is 17.9 Å². The number of esters is 3. The highest BCUT2D eigenvalue weighted by atomic mass is 16.6. The smallest absolute Gasteiger partial charge is 0.306 e. The zero-order chi connectivity index (χ0) is 51.4. The van der Waals surface area contributed by atoms with Crippen LogP contribution in [-0.2, 0) is 28.6 Å². The summed E-state index contributed by atoms with van der Waals surface area (Å²) in [5.74, 6) is -1.06. The van der Waals surface area contributed by atoms with Crippen molar-refractivity contribution in [1.29, 1.82) is 0 Å². The van der Waals surface area contributed by atoms with Crippen molar-refractivity contribution in [1.82, 2.24) is 0 Å². The Balaban J connectivity index is 4.47. The molecule has 0 fully saturated rings. The van der Waals surface area contributed by atoms with E-state index in [0.29, 0.717) is 19.3 Å². The van der Waals surface area contributed by atoms with Crippen molar-refractivity contribution in [3.63, 3.8) is 0 Å². The van der Waals surface area contributed by atoms with Gasteiger partial charge in [-0.3, -0.25) is 14.4 Å². The highest BCUT2D eigenvalue weighted by Crippen LogP contribution is 2.14. The topological polar surface area (TPSA) is 78.9 Å². The van der Waals surface area contributed by atoms with Crippen molar-refractivity contribution in [3.8, 4) is 0 Å². The molecular weight excluding hydrogens is 877 g/mol. The van der Waals surface area contributed by atoms with Crippen LogP contribution < -0.4 is 0 Å². The second kappa shape index (κ2) is 57.9. The van der Waals surface area contributed by atoms with Gasteiger partial charge in [0, 0.05) is 19.3 Å². The van der Waals surface area contributed by atoms with Crippen LogP contribution in [0.3, 0.4) is 0 Å². The quantitative estimate of drug-likeness (QED) is 0.0262. The predicted molar refractivity (Wildman–Crippen MR) is 306 cm³/mol. The van der Waals surface area contributed by atoms with E-state index in [4.69, 9.17) is 14.2 Å². The normalized spacial score (nSPS) is 13.2. The molecule has 0 radical (unpaired) electrons. The molecule has 0 aromatic heterocycles. The first kappa shape index (κ1) is 66.3. The highest BCUT2D eigenvalue weighted by Gasteiger charge is 2.19. The fourth-order valence-electron chi connectivity index (χ4n) is 7.18. The van der Waals surface area contributed by atoms with Crippen LogP contribution in [0.5, 0.6) is 0 Å². The predicted octanol–water partition coefficient (Wildman–Crippen LogP) is 19.2. The summed E-state index contributed by atoms with van der Waals surface area (Å²) in [6.07, 6.45) is 82.9. The largest absolute Gasteiger partial charge is 0.462 e. The minimum absolute atomic E-state index is 0.124. The van der Waals surface area contributed by atoms with E-state index < -0.39 is 12.1 Å². The van der Waals surface area contributed by atoms with Crippen LogP contribution in [0.15, 0.2) is 146 Å². The van der Waals surface area contributed by atoms with Crippen molar-refractivity contribution in [3.05, 3.63) is 146 Å². The van der Waals surface area contributed by atoms with Crippen molar-refractivity contribution in [2.45, 2.75) is 232 Å². The first-order chi connectivity index (χ1) is 35.0. The van der Waals surface area contributed by atoms with Gasteiger partial charge in [-0.15, -0.1) is 0 Å². The molecule has 0 aliphatic rings. The van der Waals surface area contributed by atoms with Crippen LogP contribution in [0.1, 0.15) is 226 Å². The maximum atomic E-state index is 12.8. The minimum atomic E-state index is -0.838. The number of ether oxygens (including phenoxy) is 3. The van der Waals surface area contributed by atoms with Gasteiger partial charge in [-0.25, -0.2) is 0 Å². The molecule has 0 aromatic carbocycles. The molecule has 0 saturated carbocycles. The van der Waals surface area contributed by atoms with Gasteiger partial charge in [-0.1, -0.05) is 244 Å². The molecule has 6 nitrogen and oxygen atoms in total.